The minimum atomic E-state index is -0.487. The number of carbonyl (C=O) groups is 2. The fourth-order valence-corrected chi connectivity index (χ4v) is 3.64. The highest BCUT2D eigenvalue weighted by atomic mass is 16.3. The number of hydrogen-bond acceptors (Lipinski definition) is 3. The highest BCUT2D eigenvalue weighted by Crippen LogP contribution is 2.27. The van der Waals surface area contributed by atoms with Gasteiger partial charge in [-0.25, -0.2) is 0 Å². The molecule has 1 aliphatic carbocycles. The van der Waals surface area contributed by atoms with Crippen molar-refractivity contribution in [3.05, 3.63) is 22.5 Å². The molecule has 1 amide bonds. The molecule has 3 N–H and O–H groups in total. The van der Waals surface area contributed by atoms with E-state index in [1.54, 1.807) is 0 Å². The first-order chi connectivity index (χ1) is 11.0. The van der Waals surface area contributed by atoms with Gasteiger partial charge < -0.3 is 15.4 Å². The number of Topliss-reactive ketones (excluding diaryl/α,β-unsaturated/α-hetero) is 1. The molecule has 2 rings (SSSR count). The first-order valence-electron chi connectivity index (χ1n) is 8.64. The van der Waals surface area contributed by atoms with Crippen molar-refractivity contribution in [2.24, 2.45) is 5.92 Å². The molecule has 23 heavy (non-hydrogen) atoms. The van der Waals surface area contributed by atoms with Crippen LogP contribution < -0.4 is 5.32 Å². The summed E-state index contributed by atoms with van der Waals surface area (Å²) in [5.41, 5.74) is 2.63. The number of aromatic amines is 1. The maximum absolute atomic E-state index is 12.5. The molecule has 1 aromatic rings. The monoisotopic (exact) mass is 320 g/mol. The summed E-state index contributed by atoms with van der Waals surface area (Å²) >= 11 is 0. The number of amides is 1. The van der Waals surface area contributed by atoms with Crippen LogP contribution in [-0.2, 0) is 6.42 Å². The second kappa shape index (κ2) is 7.77. The molecule has 1 atom stereocenters. The van der Waals surface area contributed by atoms with E-state index in [0.717, 1.165) is 43.4 Å². The Labute approximate surface area is 137 Å². The highest BCUT2D eigenvalue weighted by molar-refractivity contribution is 6.02. The Morgan fingerprint density at radius 2 is 2.00 bits per heavy atom. The van der Waals surface area contributed by atoms with Crippen LogP contribution in [0.25, 0.3) is 0 Å². The van der Waals surface area contributed by atoms with Gasteiger partial charge in [-0.05, 0) is 44.6 Å². The van der Waals surface area contributed by atoms with E-state index in [1.807, 2.05) is 13.8 Å². The lowest BCUT2D eigenvalue weighted by Crippen LogP contribution is -2.36. The van der Waals surface area contributed by atoms with E-state index in [0.29, 0.717) is 23.6 Å². The van der Waals surface area contributed by atoms with Crippen molar-refractivity contribution in [2.45, 2.75) is 65.4 Å². The van der Waals surface area contributed by atoms with Crippen LogP contribution in [0.15, 0.2) is 0 Å². The van der Waals surface area contributed by atoms with Gasteiger partial charge in [0.15, 0.2) is 5.78 Å². The Kier molecular flexibility index (Phi) is 5.99. The van der Waals surface area contributed by atoms with Crippen LogP contribution >= 0.6 is 0 Å². The quantitative estimate of drug-likeness (QED) is 0.676. The molecule has 0 bridgehead atoms. The number of hydrogen-bond donors (Lipinski definition) is 3. The van der Waals surface area contributed by atoms with Crippen LogP contribution in [0.3, 0.4) is 0 Å². The summed E-state index contributed by atoms with van der Waals surface area (Å²) in [4.78, 5) is 27.4. The molecule has 1 heterocycles. The molecular weight excluding hydrogens is 292 g/mol. The molecule has 0 spiro atoms. The first-order valence-corrected chi connectivity index (χ1v) is 8.64. The van der Waals surface area contributed by atoms with Gasteiger partial charge in [-0.1, -0.05) is 26.2 Å². The lowest BCUT2D eigenvalue weighted by atomic mass is 10.00. The van der Waals surface area contributed by atoms with Gasteiger partial charge in [0, 0.05) is 17.8 Å². The van der Waals surface area contributed by atoms with Gasteiger partial charge in [0.1, 0.15) is 5.69 Å². The molecular formula is C18H28N2O3. The molecule has 0 aliphatic heterocycles. The van der Waals surface area contributed by atoms with E-state index in [1.165, 1.54) is 6.92 Å². The zero-order chi connectivity index (χ0) is 17.0. The van der Waals surface area contributed by atoms with Crippen LogP contribution in [0.4, 0.5) is 0 Å². The molecule has 0 aromatic carbocycles. The first kappa shape index (κ1) is 17.7. The van der Waals surface area contributed by atoms with Crippen molar-refractivity contribution in [3.63, 3.8) is 0 Å². The standard InChI is InChI=1S/C18H28N2O3/c1-4-7-14-16(12(3)21)11(2)20-17(14)18(23)19-10-15(22)13-8-5-6-9-13/h13,15,20,22H,4-10H2,1-3H3,(H,19,23). The zero-order valence-corrected chi connectivity index (χ0v) is 14.4. The minimum absolute atomic E-state index is 0.0211. The molecule has 128 valence electrons. The highest BCUT2D eigenvalue weighted by Gasteiger charge is 2.25. The van der Waals surface area contributed by atoms with Crippen molar-refractivity contribution in [1.82, 2.24) is 10.3 Å². The zero-order valence-electron chi connectivity index (χ0n) is 14.4. The molecule has 1 aliphatic rings. The summed E-state index contributed by atoms with van der Waals surface area (Å²) in [5.74, 6) is 0.0388. The van der Waals surface area contributed by atoms with Crippen LogP contribution in [0.2, 0.25) is 0 Å². The number of rotatable bonds is 7. The summed E-state index contributed by atoms with van der Waals surface area (Å²) in [6.45, 7) is 5.64. The fourth-order valence-electron chi connectivity index (χ4n) is 3.64. The molecule has 0 radical (unpaired) electrons. The molecule has 5 nitrogen and oxygen atoms in total. The summed E-state index contributed by atoms with van der Waals surface area (Å²) < 4.78 is 0. The van der Waals surface area contributed by atoms with Crippen LogP contribution in [-0.4, -0.2) is 34.4 Å². The average molecular weight is 320 g/mol. The Morgan fingerprint density at radius 1 is 1.35 bits per heavy atom. The number of nitrogens with one attached hydrogen (secondary N) is 2. The smallest absolute Gasteiger partial charge is 0.268 e. The van der Waals surface area contributed by atoms with Crippen molar-refractivity contribution >= 4 is 11.7 Å². The van der Waals surface area contributed by atoms with Crippen LogP contribution in [0.5, 0.6) is 0 Å². The second-order valence-electron chi connectivity index (χ2n) is 6.61. The third-order valence-electron chi connectivity index (χ3n) is 4.79. The molecule has 1 unspecified atom stereocenters. The predicted molar refractivity (Wildman–Crippen MR) is 89.8 cm³/mol. The summed E-state index contributed by atoms with van der Waals surface area (Å²) in [6.07, 6.45) is 5.46. The lowest BCUT2D eigenvalue weighted by molar-refractivity contribution is 0.0836. The van der Waals surface area contributed by atoms with E-state index < -0.39 is 6.10 Å². The second-order valence-corrected chi connectivity index (χ2v) is 6.61. The van der Waals surface area contributed by atoms with E-state index in [4.69, 9.17) is 0 Å². The van der Waals surface area contributed by atoms with Gasteiger partial charge in [-0.15, -0.1) is 0 Å². The van der Waals surface area contributed by atoms with Crippen LogP contribution in [0, 0.1) is 12.8 Å². The van der Waals surface area contributed by atoms with E-state index in [2.05, 4.69) is 10.3 Å². The fraction of sp³-hybridized carbons (Fsp3) is 0.667. The van der Waals surface area contributed by atoms with Crippen molar-refractivity contribution in [2.75, 3.05) is 6.54 Å². The number of aliphatic hydroxyl groups excluding tert-OH is 1. The van der Waals surface area contributed by atoms with Gasteiger partial charge in [-0.3, -0.25) is 9.59 Å². The van der Waals surface area contributed by atoms with Crippen LogP contribution in [0.1, 0.15) is 78.1 Å². The average Bonchev–Trinajstić information content (AvgIpc) is 3.13. The molecule has 1 aromatic heterocycles. The Morgan fingerprint density at radius 3 is 2.57 bits per heavy atom. The number of ketones is 1. The maximum atomic E-state index is 12.5. The number of H-pyrrole nitrogens is 1. The van der Waals surface area contributed by atoms with E-state index in [9.17, 15) is 14.7 Å². The van der Waals surface area contributed by atoms with E-state index in [-0.39, 0.29) is 18.2 Å². The normalized spacial score (nSPS) is 16.5. The van der Waals surface area contributed by atoms with Gasteiger partial charge >= 0.3 is 0 Å². The van der Waals surface area contributed by atoms with E-state index >= 15 is 0 Å². The summed E-state index contributed by atoms with van der Waals surface area (Å²) in [7, 11) is 0. The SMILES string of the molecule is CCCc1c(C(=O)NCC(O)C2CCCC2)[nH]c(C)c1C(C)=O. The number of aryl methyl sites for hydroxylation is 1. The van der Waals surface area contributed by atoms with Gasteiger partial charge in [-0.2, -0.15) is 0 Å². The largest absolute Gasteiger partial charge is 0.391 e. The maximum Gasteiger partial charge on any atom is 0.268 e. The predicted octanol–water partition coefficient (Wildman–Crippen LogP) is 2.76. The minimum Gasteiger partial charge on any atom is -0.391 e. The Bertz CT molecular complexity index is 571. The molecule has 1 fully saturated rings. The number of carbonyl (C=O) groups excluding carboxylic acids is 2. The van der Waals surface area contributed by atoms with Gasteiger partial charge in [0.05, 0.1) is 6.10 Å². The Balaban J connectivity index is 2.09. The number of aromatic nitrogens is 1. The van der Waals surface area contributed by atoms with Gasteiger partial charge in [0.2, 0.25) is 0 Å². The van der Waals surface area contributed by atoms with Crippen molar-refractivity contribution in [3.8, 4) is 0 Å². The number of aliphatic hydroxyl groups is 1. The third-order valence-corrected chi connectivity index (χ3v) is 4.79. The Hall–Kier alpha value is -1.62. The van der Waals surface area contributed by atoms with Crippen molar-refractivity contribution in [1.29, 1.82) is 0 Å². The molecule has 1 saturated carbocycles. The summed E-state index contributed by atoms with van der Waals surface area (Å²) in [5, 5.41) is 13.0. The summed E-state index contributed by atoms with van der Waals surface area (Å²) in [6, 6.07) is 0. The molecule has 5 heteroatoms. The topological polar surface area (TPSA) is 82.2 Å². The van der Waals surface area contributed by atoms with Crippen molar-refractivity contribution < 1.29 is 14.7 Å². The molecule has 0 saturated heterocycles. The lowest BCUT2D eigenvalue weighted by Gasteiger charge is -2.18. The third kappa shape index (κ3) is 4.02. The van der Waals surface area contributed by atoms with Gasteiger partial charge in [0.25, 0.3) is 5.91 Å².